The van der Waals surface area contributed by atoms with E-state index in [1.165, 1.54) is 16.9 Å². The van der Waals surface area contributed by atoms with E-state index >= 15 is 0 Å². The summed E-state index contributed by atoms with van der Waals surface area (Å²) in [5, 5.41) is 8.44. The van der Waals surface area contributed by atoms with Gasteiger partial charge in [-0.25, -0.2) is 0 Å². The molecule has 1 unspecified atom stereocenters. The average molecular weight is 367 g/mol. The lowest BCUT2D eigenvalue weighted by atomic mass is 10.0. The summed E-state index contributed by atoms with van der Waals surface area (Å²) in [7, 11) is 1.67. The van der Waals surface area contributed by atoms with E-state index in [2.05, 4.69) is 34.2 Å². The minimum absolute atomic E-state index is 0. The molecule has 1 saturated heterocycles. The summed E-state index contributed by atoms with van der Waals surface area (Å²) in [6.45, 7) is 1.54. The molecule has 0 saturated carbocycles. The highest BCUT2D eigenvalue weighted by atomic mass is 35.5. The maximum atomic E-state index is 12.1. The molecule has 4 nitrogen and oxygen atoms in total. The van der Waals surface area contributed by atoms with Gasteiger partial charge in [-0.15, -0.1) is 23.7 Å². The SMILES string of the molecule is COc1ccc(-c2csc(CNC(=O)C3CCCCN3)c2)cc1.Cl. The lowest BCUT2D eigenvalue weighted by molar-refractivity contribution is -0.123. The molecule has 6 heteroatoms. The molecule has 0 aliphatic carbocycles. The van der Waals surface area contributed by atoms with Gasteiger partial charge in [0.1, 0.15) is 5.75 Å². The van der Waals surface area contributed by atoms with Crippen molar-refractivity contribution in [2.45, 2.75) is 31.8 Å². The zero-order valence-electron chi connectivity index (χ0n) is 13.7. The van der Waals surface area contributed by atoms with Crippen molar-refractivity contribution >= 4 is 29.7 Å². The van der Waals surface area contributed by atoms with Crippen LogP contribution in [-0.2, 0) is 11.3 Å². The smallest absolute Gasteiger partial charge is 0.237 e. The first-order valence-electron chi connectivity index (χ1n) is 7.99. The first-order chi connectivity index (χ1) is 11.3. The topological polar surface area (TPSA) is 50.4 Å². The van der Waals surface area contributed by atoms with E-state index in [9.17, 15) is 4.79 Å². The highest BCUT2D eigenvalue weighted by molar-refractivity contribution is 7.10. The van der Waals surface area contributed by atoms with Gasteiger partial charge in [-0.3, -0.25) is 4.79 Å². The average Bonchev–Trinajstić information content (AvgIpc) is 3.09. The Morgan fingerprint density at radius 2 is 2.08 bits per heavy atom. The van der Waals surface area contributed by atoms with Crippen LogP contribution in [0.15, 0.2) is 35.7 Å². The molecule has 0 radical (unpaired) electrons. The fourth-order valence-corrected chi connectivity index (χ4v) is 3.61. The third-order valence-electron chi connectivity index (χ3n) is 4.14. The largest absolute Gasteiger partial charge is 0.497 e. The van der Waals surface area contributed by atoms with Crippen LogP contribution in [0.1, 0.15) is 24.1 Å². The highest BCUT2D eigenvalue weighted by Crippen LogP contribution is 2.27. The molecule has 2 aromatic rings. The quantitative estimate of drug-likeness (QED) is 0.850. The Hall–Kier alpha value is -1.56. The second-order valence-electron chi connectivity index (χ2n) is 5.75. The number of amides is 1. The lowest BCUT2D eigenvalue weighted by Crippen LogP contribution is -2.46. The van der Waals surface area contributed by atoms with Crippen LogP contribution in [0.2, 0.25) is 0 Å². The van der Waals surface area contributed by atoms with Crippen molar-refractivity contribution in [2.75, 3.05) is 13.7 Å². The van der Waals surface area contributed by atoms with Gasteiger partial charge in [0.2, 0.25) is 5.91 Å². The monoisotopic (exact) mass is 366 g/mol. The van der Waals surface area contributed by atoms with Crippen molar-refractivity contribution in [3.63, 3.8) is 0 Å². The number of ether oxygens (including phenoxy) is 1. The summed E-state index contributed by atoms with van der Waals surface area (Å²) in [5.74, 6) is 0.973. The third-order valence-corrected chi connectivity index (χ3v) is 5.08. The van der Waals surface area contributed by atoms with E-state index in [0.717, 1.165) is 30.7 Å². The fraction of sp³-hybridized carbons (Fsp3) is 0.389. The minimum Gasteiger partial charge on any atom is -0.497 e. The molecule has 1 atom stereocenters. The van der Waals surface area contributed by atoms with Crippen molar-refractivity contribution < 1.29 is 9.53 Å². The molecule has 1 aliphatic rings. The second kappa shape index (κ2) is 9.06. The molecule has 2 N–H and O–H groups in total. The van der Waals surface area contributed by atoms with E-state index < -0.39 is 0 Å². The van der Waals surface area contributed by atoms with E-state index in [1.54, 1.807) is 18.4 Å². The van der Waals surface area contributed by atoms with Crippen LogP contribution in [0.3, 0.4) is 0 Å². The van der Waals surface area contributed by atoms with Gasteiger partial charge in [0.15, 0.2) is 0 Å². The van der Waals surface area contributed by atoms with Gasteiger partial charge < -0.3 is 15.4 Å². The van der Waals surface area contributed by atoms with Gasteiger partial charge in [-0.2, -0.15) is 0 Å². The number of carbonyl (C=O) groups excluding carboxylic acids is 1. The standard InChI is InChI=1S/C18H22N2O2S.ClH/c1-22-15-7-5-13(6-8-15)14-10-16(23-12-14)11-20-18(21)17-4-2-3-9-19-17;/h5-8,10,12,17,19H,2-4,9,11H2,1H3,(H,20,21);1H. The Kier molecular flexibility index (Phi) is 7.09. The van der Waals surface area contributed by atoms with Gasteiger partial charge in [0, 0.05) is 4.88 Å². The summed E-state index contributed by atoms with van der Waals surface area (Å²) in [6.07, 6.45) is 3.24. The molecular weight excluding hydrogens is 344 g/mol. The minimum atomic E-state index is -0.0234. The molecule has 1 aromatic carbocycles. The maximum Gasteiger partial charge on any atom is 0.237 e. The number of hydrogen-bond donors (Lipinski definition) is 2. The molecule has 0 spiro atoms. The first kappa shape index (κ1) is 18.8. The van der Waals surface area contributed by atoms with Crippen LogP contribution < -0.4 is 15.4 Å². The maximum absolute atomic E-state index is 12.1. The van der Waals surface area contributed by atoms with Crippen LogP contribution in [0, 0.1) is 0 Å². The molecule has 1 aliphatic heterocycles. The molecule has 1 fully saturated rings. The van der Waals surface area contributed by atoms with Crippen LogP contribution in [0.25, 0.3) is 11.1 Å². The Morgan fingerprint density at radius 3 is 2.75 bits per heavy atom. The number of nitrogens with one attached hydrogen (secondary N) is 2. The van der Waals surface area contributed by atoms with E-state index in [1.807, 2.05) is 12.1 Å². The van der Waals surface area contributed by atoms with Crippen LogP contribution in [-0.4, -0.2) is 25.6 Å². The normalized spacial score (nSPS) is 17.0. The summed E-state index contributed by atoms with van der Waals surface area (Å²) in [6, 6.07) is 10.1. The lowest BCUT2D eigenvalue weighted by Gasteiger charge is -2.22. The Morgan fingerprint density at radius 1 is 1.29 bits per heavy atom. The molecule has 3 rings (SSSR count). The fourth-order valence-electron chi connectivity index (χ4n) is 2.78. The van der Waals surface area contributed by atoms with Crippen molar-refractivity contribution in [3.8, 4) is 16.9 Å². The first-order valence-corrected chi connectivity index (χ1v) is 8.87. The van der Waals surface area contributed by atoms with E-state index in [0.29, 0.717) is 6.54 Å². The van der Waals surface area contributed by atoms with Gasteiger partial charge in [0.25, 0.3) is 0 Å². The molecular formula is C18H23ClN2O2S. The van der Waals surface area contributed by atoms with Crippen LogP contribution >= 0.6 is 23.7 Å². The molecule has 24 heavy (non-hydrogen) atoms. The number of benzene rings is 1. The van der Waals surface area contributed by atoms with Crippen LogP contribution in [0.4, 0.5) is 0 Å². The Labute approximate surface area is 153 Å². The van der Waals surface area contributed by atoms with Crippen molar-refractivity contribution in [2.24, 2.45) is 0 Å². The van der Waals surface area contributed by atoms with Crippen molar-refractivity contribution in [1.82, 2.24) is 10.6 Å². The summed E-state index contributed by atoms with van der Waals surface area (Å²) in [5.41, 5.74) is 2.34. The van der Waals surface area contributed by atoms with Gasteiger partial charge in [0.05, 0.1) is 19.7 Å². The number of carbonyl (C=O) groups is 1. The number of halogens is 1. The number of piperidine rings is 1. The van der Waals surface area contributed by atoms with Gasteiger partial charge in [-0.05, 0) is 54.1 Å². The summed E-state index contributed by atoms with van der Waals surface area (Å²) < 4.78 is 5.18. The van der Waals surface area contributed by atoms with E-state index in [-0.39, 0.29) is 24.4 Å². The number of rotatable bonds is 5. The summed E-state index contributed by atoms with van der Waals surface area (Å²) in [4.78, 5) is 13.3. The number of thiophene rings is 1. The predicted octanol–water partition coefficient (Wildman–Crippen LogP) is 3.60. The van der Waals surface area contributed by atoms with Crippen molar-refractivity contribution in [1.29, 1.82) is 0 Å². The number of hydrogen-bond acceptors (Lipinski definition) is 4. The predicted molar refractivity (Wildman–Crippen MR) is 101 cm³/mol. The molecule has 1 amide bonds. The Bertz CT molecular complexity index is 651. The van der Waals surface area contributed by atoms with Gasteiger partial charge in [-0.1, -0.05) is 18.6 Å². The third kappa shape index (κ3) is 4.72. The number of methoxy groups -OCH3 is 1. The van der Waals surface area contributed by atoms with Crippen LogP contribution in [0.5, 0.6) is 5.75 Å². The molecule has 1 aromatic heterocycles. The highest BCUT2D eigenvalue weighted by Gasteiger charge is 2.20. The molecule has 130 valence electrons. The van der Waals surface area contributed by atoms with Crippen molar-refractivity contribution in [3.05, 3.63) is 40.6 Å². The zero-order valence-corrected chi connectivity index (χ0v) is 15.3. The second-order valence-corrected chi connectivity index (χ2v) is 6.75. The summed E-state index contributed by atoms with van der Waals surface area (Å²) >= 11 is 1.68. The molecule has 2 heterocycles. The zero-order chi connectivity index (χ0) is 16.1. The molecule has 0 bridgehead atoms. The Balaban J connectivity index is 0.00000208. The van der Waals surface area contributed by atoms with Gasteiger partial charge >= 0.3 is 0 Å². The van der Waals surface area contributed by atoms with E-state index in [4.69, 9.17) is 4.74 Å².